The second kappa shape index (κ2) is 9.96. The third-order valence-corrected chi connectivity index (χ3v) is 5.85. The summed E-state index contributed by atoms with van der Waals surface area (Å²) in [6.07, 6.45) is 1.05. The van der Waals surface area contributed by atoms with Crippen molar-refractivity contribution in [3.05, 3.63) is 64.7 Å². The fourth-order valence-electron chi connectivity index (χ4n) is 4.25. The lowest BCUT2D eigenvalue weighted by atomic mass is 9.77. The number of alkyl halides is 3. The summed E-state index contributed by atoms with van der Waals surface area (Å²) in [6, 6.07) is 5.48. The van der Waals surface area contributed by atoms with E-state index in [9.17, 15) is 30.7 Å². The summed E-state index contributed by atoms with van der Waals surface area (Å²) in [5, 5.41) is 0. The van der Waals surface area contributed by atoms with Crippen molar-refractivity contribution in [1.82, 2.24) is 0 Å². The molecule has 1 nitrogen and oxygen atoms in total. The van der Waals surface area contributed by atoms with Gasteiger partial charge in [0.2, 0.25) is 0 Å². The van der Waals surface area contributed by atoms with E-state index in [1.54, 1.807) is 6.07 Å². The molecule has 3 rings (SSSR count). The third kappa shape index (κ3) is 5.84. The molecule has 8 heteroatoms. The Kier molecular flexibility index (Phi) is 7.51. The standard InChI is InChI=1S/C24H23F7O/c1-2-3-14-4-6-15(7-5-14)16-8-10-18(19(25)12-16)23(28)22(27)17-9-11-21(20(26)13-17)32-24(29,30)31/h8-15H,2-7H2,1H3/b23-22+. The van der Waals surface area contributed by atoms with Gasteiger partial charge in [-0.1, -0.05) is 25.8 Å². The van der Waals surface area contributed by atoms with Crippen LogP contribution in [0.3, 0.4) is 0 Å². The highest BCUT2D eigenvalue weighted by Crippen LogP contribution is 2.39. The molecule has 0 unspecified atom stereocenters. The Morgan fingerprint density at radius 1 is 0.906 bits per heavy atom. The smallest absolute Gasteiger partial charge is 0.403 e. The Labute approximate surface area is 181 Å². The van der Waals surface area contributed by atoms with Crippen molar-refractivity contribution in [2.45, 2.75) is 57.7 Å². The Morgan fingerprint density at radius 2 is 1.59 bits per heavy atom. The summed E-state index contributed by atoms with van der Waals surface area (Å²) in [7, 11) is 0. The van der Waals surface area contributed by atoms with E-state index in [2.05, 4.69) is 11.7 Å². The highest BCUT2D eigenvalue weighted by atomic mass is 19.4. The number of ether oxygens (including phenoxy) is 1. The summed E-state index contributed by atoms with van der Waals surface area (Å²) >= 11 is 0. The van der Waals surface area contributed by atoms with Crippen molar-refractivity contribution in [2.75, 3.05) is 0 Å². The van der Waals surface area contributed by atoms with Gasteiger partial charge in [0.15, 0.2) is 23.2 Å². The molecule has 0 saturated heterocycles. The fraction of sp³-hybridized carbons (Fsp3) is 0.417. The zero-order chi connectivity index (χ0) is 23.5. The minimum atomic E-state index is -5.14. The van der Waals surface area contributed by atoms with Gasteiger partial charge in [0, 0.05) is 11.1 Å². The Hall–Kier alpha value is -2.51. The lowest BCUT2D eigenvalue weighted by Gasteiger charge is -2.28. The predicted molar refractivity (Wildman–Crippen MR) is 108 cm³/mol. The van der Waals surface area contributed by atoms with Gasteiger partial charge in [-0.3, -0.25) is 0 Å². The van der Waals surface area contributed by atoms with Gasteiger partial charge in [-0.05, 0) is 73.4 Å². The van der Waals surface area contributed by atoms with Crippen molar-refractivity contribution in [3.63, 3.8) is 0 Å². The topological polar surface area (TPSA) is 9.23 Å². The molecule has 0 bridgehead atoms. The first kappa shape index (κ1) is 24.1. The Bertz CT molecular complexity index is 973. The molecule has 0 aromatic heterocycles. The molecule has 1 saturated carbocycles. The van der Waals surface area contributed by atoms with E-state index in [0.717, 1.165) is 44.2 Å². The Morgan fingerprint density at radius 3 is 2.16 bits per heavy atom. The summed E-state index contributed by atoms with van der Waals surface area (Å²) in [6.45, 7) is 2.14. The number of hydrogen-bond acceptors (Lipinski definition) is 1. The van der Waals surface area contributed by atoms with E-state index in [1.807, 2.05) is 0 Å². The summed E-state index contributed by atoms with van der Waals surface area (Å²) < 4.78 is 97.7. The average molecular weight is 460 g/mol. The van der Waals surface area contributed by atoms with Crippen LogP contribution in [0.5, 0.6) is 5.75 Å². The minimum Gasteiger partial charge on any atom is -0.403 e. The van der Waals surface area contributed by atoms with Crippen molar-refractivity contribution >= 4 is 11.7 Å². The molecule has 0 radical (unpaired) electrons. The molecule has 0 spiro atoms. The van der Waals surface area contributed by atoms with Crippen LogP contribution in [0.1, 0.15) is 68.1 Å². The molecule has 32 heavy (non-hydrogen) atoms. The maximum absolute atomic E-state index is 14.6. The van der Waals surface area contributed by atoms with Crippen molar-refractivity contribution in [3.8, 4) is 5.75 Å². The number of halogens is 7. The van der Waals surface area contributed by atoms with Gasteiger partial charge < -0.3 is 4.74 Å². The molecule has 1 aliphatic rings. The zero-order valence-corrected chi connectivity index (χ0v) is 17.4. The maximum Gasteiger partial charge on any atom is 0.573 e. The van der Waals surface area contributed by atoms with Gasteiger partial charge in [0.1, 0.15) is 5.82 Å². The van der Waals surface area contributed by atoms with Crippen LogP contribution >= 0.6 is 0 Å². The maximum atomic E-state index is 14.6. The van der Waals surface area contributed by atoms with E-state index in [4.69, 9.17) is 0 Å². The molecule has 174 valence electrons. The minimum absolute atomic E-state index is 0.152. The predicted octanol–water partition coefficient (Wildman–Crippen LogP) is 8.70. The molecule has 2 aromatic rings. The van der Waals surface area contributed by atoms with Gasteiger partial charge >= 0.3 is 6.36 Å². The molecule has 0 amide bonds. The number of hydrogen-bond donors (Lipinski definition) is 0. The molecule has 0 heterocycles. The Balaban J connectivity index is 1.79. The van der Waals surface area contributed by atoms with Gasteiger partial charge in [-0.25, -0.2) is 17.6 Å². The van der Waals surface area contributed by atoms with Crippen molar-refractivity contribution < 1.29 is 35.5 Å². The quantitative estimate of drug-likeness (QED) is 0.309. The molecule has 0 aliphatic heterocycles. The highest BCUT2D eigenvalue weighted by Gasteiger charge is 2.32. The number of benzene rings is 2. The lowest BCUT2D eigenvalue weighted by molar-refractivity contribution is -0.275. The second-order valence-corrected chi connectivity index (χ2v) is 8.07. The monoisotopic (exact) mass is 460 g/mol. The van der Waals surface area contributed by atoms with Crippen LogP contribution in [-0.2, 0) is 0 Å². The molecule has 0 N–H and O–H groups in total. The van der Waals surface area contributed by atoms with Gasteiger partial charge in [-0.15, -0.1) is 13.2 Å². The lowest BCUT2D eigenvalue weighted by Crippen LogP contribution is -2.17. The molecule has 1 fully saturated rings. The third-order valence-electron chi connectivity index (χ3n) is 5.85. The van der Waals surface area contributed by atoms with Crippen LogP contribution in [0.2, 0.25) is 0 Å². The van der Waals surface area contributed by atoms with Crippen LogP contribution < -0.4 is 4.74 Å². The van der Waals surface area contributed by atoms with Crippen molar-refractivity contribution in [1.29, 1.82) is 0 Å². The first-order valence-corrected chi connectivity index (χ1v) is 10.5. The molecular formula is C24H23F7O. The van der Waals surface area contributed by atoms with Gasteiger partial charge in [-0.2, -0.15) is 0 Å². The van der Waals surface area contributed by atoms with Crippen LogP contribution in [0.4, 0.5) is 30.7 Å². The SMILES string of the molecule is CCCC1CCC(c2ccc(/C(F)=C(\F)c3ccc(OC(F)(F)F)c(F)c3)c(F)c2)CC1. The number of rotatable bonds is 6. The largest absolute Gasteiger partial charge is 0.573 e. The summed E-state index contributed by atoms with van der Waals surface area (Å²) in [5.41, 5.74) is -0.594. The van der Waals surface area contributed by atoms with E-state index >= 15 is 0 Å². The first-order chi connectivity index (χ1) is 15.1. The first-order valence-electron chi connectivity index (χ1n) is 10.5. The molecule has 0 atom stereocenters. The van der Waals surface area contributed by atoms with Gasteiger partial charge in [0.25, 0.3) is 0 Å². The molecule has 2 aromatic carbocycles. The van der Waals surface area contributed by atoms with Crippen LogP contribution in [0, 0.1) is 17.6 Å². The summed E-state index contributed by atoms with van der Waals surface area (Å²) in [5.74, 6) is -6.00. The van der Waals surface area contributed by atoms with E-state index in [0.29, 0.717) is 23.6 Å². The summed E-state index contributed by atoms with van der Waals surface area (Å²) in [4.78, 5) is 0. The van der Waals surface area contributed by atoms with Crippen LogP contribution in [0.25, 0.3) is 11.7 Å². The van der Waals surface area contributed by atoms with Crippen LogP contribution in [-0.4, -0.2) is 6.36 Å². The second-order valence-electron chi connectivity index (χ2n) is 8.07. The molecular weight excluding hydrogens is 437 g/mol. The normalized spacial score (nSPS) is 20.1. The van der Waals surface area contributed by atoms with Crippen molar-refractivity contribution in [2.24, 2.45) is 5.92 Å². The van der Waals surface area contributed by atoms with Crippen LogP contribution in [0.15, 0.2) is 36.4 Å². The van der Waals surface area contributed by atoms with Gasteiger partial charge in [0.05, 0.1) is 0 Å². The average Bonchev–Trinajstić information content (AvgIpc) is 2.74. The highest BCUT2D eigenvalue weighted by molar-refractivity contribution is 5.83. The molecule has 1 aliphatic carbocycles. The fourth-order valence-corrected chi connectivity index (χ4v) is 4.25. The van der Waals surface area contributed by atoms with E-state index in [1.165, 1.54) is 12.5 Å². The van der Waals surface area contributed by atoms with E-state index in [-0.39, 0.29) is 5.92 Å². The van der Waals surface area contributed by atoms with E-state index < -0.39 is 46.5 Å². The zero-order valence-electron chi connectivity index (χ0n) is 17.4.